The van der Waals surface area contributed by atoms with E-state index < -0.39 is 0 Å². The Labute approximate surface area is 151 Å². The number of nitrogens with one attached hydrogen (secondary N) is 1. The fourth-order valence-electron chi connectivity index (χ4n) is 3.40. The highest BCUT2D eigenvalue weighted by atomic mass is 15.3. The van der Waals surface area contributed by atoms with Crippen LogP contribution >= 0.6 is 0 Å². The zero-order valence-electron chi connectivity index (χ0n) is 15.8. The summed E-state index contributed by atoms with van der Waals surface area (Å²) < 4.78 is 1.95. The van der Waals surface area contributed by atoms with Crippen LogP contribution in [0.5, 0.6) is 0 Å². The zero-order valence-corrected chi connectivity index (χ0v) is 15.8. The van der Waals surface area contributed by atoms with Crippen LogP contribution in [0.25, 0.3) is 16.8 Å². The van der Waals surface area contributed by atoms with E-state index in [-0.39, 0.29) is 10.8 Å². The van der Waals surface area contributed by atoms with Gasteiger partial charge in [-0.2, -0.15) is 5.10 Å². The highest BCUT2D eigenvalue weighted by Crippen LogP contribution is 2.31. The minimum Gasteiger partial charge on any atom is -0.329 e. The molecule has 0 bridgehead atoms. The predicted molar refractivity (Wildman–Crippen MR) is 100 cm³/mol. The highest BCUT2D eigenvalue weighted by molar-refractivity contribution is 5.73. The number of hydrogen-bond donors (Lipinski definition) is 1. The van der Waals surface area contributed by atoms with Crippen LogP contribution in [0.2, 0.25) is 0 Å². The lowest BCUT2D eigenvalue weighted by molar-refractivity contribution is 0.495. The molecule has 0 spiro atoms. The molecule has 0 aliphatic heterocycles. The maximum atomic E-state index is 4.61. The molecule has 7 nitrogen and oxygen atoms in total. The molecule has 0 aromatic carbocycles. The minimum atomic E-state index is -0.238. The van der Waals surface area contributed by atoms with Crippen molar-refractivity contribution in [2.24, 2.45) is 0 Å². The summed E-state index contributed by atoms with van der Waals surface area (Å²) in [5, 5.41) is 4.61. The predicted octanol–water partition coefficient (Wildman–Crippen LogP) is 3.21. The van der Waals surface area contributed by atoms with Gasteiger partial charge in [-0.25, -0.2) is 24.5 Å². The zero-order chi connectivity index (χ0) is 18.5. The van der Waals surface area contributed by atoms with Gasteiger partial charge in [-0.1, -0.05) is 34.6 Å². The van der Waals surface area contributed by atoms with Gasteiger partial charge in [-0.3, -0.25) is 0 Å². The Hall–Kier alpha value is -2.83. The van der Waals surface area contributed by atoms with E-state index in [0.29, 0.717) is 0 Å². The molecule has 7 heteroatoms. The SMILES string of the molecule is CC(C)(C)c1cnn2c(CC(C)(C)c3ncnc4[nH]cnc34)ccnc12. The van der Waals surface area contributed by atoms with E-state index >= 15 is 0 Å². The number of rotatable bonds is 3. The van der Waals surface area contributed by atoms with Gasteiger partial charge in [0.1, 0.15) is 11.8 Å². The van der Waals surface area contributed by atoms with Gasteiger partial charge in [0, 0.05) is 29.3 Å². The Bertz CT molecular complexity index is 1080. The van der Waals surface area contributed by atoms with Crippen LogP contribution < -0.4 is 0 Å². The first-order valence-corrected chi connectivity index (χ1v) is 8.74. The molecule has 26 heavy (non-hydrogen) atoms. The highest BCUT2D eigenvalue weighted by Gasteiger charge is 2.28. The fraction of sp³-hybridized carbons (Fsp3) is 0.421. The number of hydrogen-bond acceptors (Lipinski definition) is 5. The molecule has 0 amide bonds. The maximum Gasteiger partial charge on any atom is 0.160 e. The third-order valence-corrected chi connectivity index (χ3v) is 4.77. The lowest BCUT2D eigenvalue weighted by Crippen LogP contribution is -2.24. The molecule has 134 valence electrons. The van der Waals surface area contributed by atoms with Gasteiger partial charge in [0.2, 0.25) is 0 Å². The number of imidazole rings is 1. The molecule has 0 unspecified atom stereocenters. The van der Waals surface area contributed by atoms with E-state index in [4.69, 9.17) is 0 Å². The van der Waals surface area contributed by atoms with Gasteiger partial charge < -0.3 is 4.98 Å². The summed E-state index contributed by atoms with van der Waals surface area (Å²) in [5.41, 5.74) is 5.42. The van der Waals surface area contributed by atoms with Gasteiger partial charge in [-0.15, -0.1) is 0 Å². The summed E-state index contributed by atoms with van der Waals surface area (Å²) in [6, 6.07) is 2.02. The molecule has 0 aliphatic carbocycles. The van der Waals surface area contributed by atoms with Gasteiger partial charge >= 0.3 is 0 Å². The van der Waals surface area contributed by atoms with Crippen molar-refractivity contribution >= 4 is 16.8 Å². The lowest BCUT2D eigenvalue weighted by atomic mass is 9.83. The first-order valence-electron chi connectivity index (χ1n) is 8.74. The summed E-state index contributed by atoms with van der Waals surface area (Å²) in [6.45, 7) is 10.9. The van der Waals surface area contributed by atoms with Gasteiger partial charge in [0.15, 0.2) is 11.3 Å². The van der Waals surface area contributed by atoms with E-state index in [9.17, 15) is 0 Å². The molecular formula is C19H23N7. The number of nitrogens with zero attached hydrogens (tertiary/aromatic N) is 6. The topological polar surface area (TPSA) is 84.6 Å². The van der Waals surface area contributed by atoms with Crippen LogP contribution in [0.15, 0.2) is 31.1 Å². The van der Waals surface area contributed by atoms with E-state index in [2.05, 4.69) is 64.6 Å². The Balaban J connectivity index is 1.79. The minimum absolute atomic E-state index is 0.00322. The first-order chi connectivity index (χ1) is 12.3. The summed E-state index contributed by atoms with van der Waals surface area (Å²) >= 11 is 0. The monoisotopic (exact) mass is 349 g/mol. The van der Waals surface area contributed by atoms with Crippen LogP contribution in [0.3, 0.4) is 0 Å². The molecule has 0 atom stereocenters. The molecule has 4 heterocycles. The van der Waals surface area contributed by atoms with Crippen LogP contribution in [-0.4, -0.2) is 34.5 Å². The second kappa shape index (κ2) is 5.59. The van der Waals surface area contributed by atoms with Crippen LogP contribution in [-0.2, 0) is 17.3 Å². The normalized spacial score (nSPS) is 13.0. The molecule has 1 N–H and O–H groups in total. The Morgan fingerprint density at radius 1 is 1.04 bits per heavy atom. The van der Waals surface area contributed by atoms with Crippen molar-refractivity contribution in [3.8, 4) is 0 Å². The van der Waals surface area contributed by atoms with Crippen molar-refractivity contribution in [1.82, 2.24) is 34.5 Å². The molecule has 4 aromatic heterocycles. The third kappa shape index (κ3) is 2.64. The molecule has 0 saturated heterocycles. The average molecular weight is 349 g/mol. The molecule has 0 radical (unpaired) electrons. The number of aromatic amines is 1. The Morgan fingerprint density at radius 2 is 1.85 bits per heavy atom. The fourth-order valence-corrected chi connectivity index (χ4v) is 3.40. The summed E-state index contributed by atoms with van der Waals surface area (Å²) in [6.07, 6.45) is 7.80. The van der Waals surface area contributed by atoms with Crippen molar-refractivity contribution in [3.63, 3.8) is 0 Å². The Kier molecular flexibility index (Phi) is 3.57. The van der Waals surface area contributed by atoms with E-state index in [1.54, 1.807) is 12.7 Å². The number of aromatic nitrogens is 7. The third-order valence-electron chi connectivity index (χ3n) is 4.77. The molecule has 0 aliphatic rings. The summed E-state index contributed by atoms with van der Waals surface area (Å²) in [5.74, 6) is 0. The van der Waals surface area contributed by atoms with Gasteiger partial charge in [0.05, 0.1) is 18.2 Å². The van der Waals surface area contributed by atoms with E-state index in [1.807, 2.05) is 23.0 Å². The van der Waals surface area contributed by atoms with Crippen molar-refractivity contribution in [2.45, 2.75) is 51.9 Å². The first kappa shape index (κ1) is 16.6. The van der Waals surface area contributed by atoms with Gasteiger partial charge in [-0.05, 0) is 11.5 Å². The van der Waals surface area contributed by atoms with Crippen molar-refractivity contribution < 1.29 is 0 Å². The van der Waals surface area contributed by atoms with Crippen molar-refractivity contribution in [3.05, 3.63) is 48.1 Å². The average Bonchev–Trinajstić information content (AvgIpc) is 3.20. The molecule has 4 rings (SSSR count). The molecule has 4 aromatic rings. The maximum absolute atomic E-state index is 4.61. The van der Waals surface area contributed by atoms with Crippen molar-refractivity contribution in [1.29, 1.82) is 0 Å². The smallest absolute Gasteiger partial charge is 0.160 e. The molecule has 0 saturated carbocycles. The quantitative estimate of drug-likeness (QED) is 0.614. The van der Waals surface area contributed by atoms with Crippen LogP contribution in [0.4, 0.5) is 0 Å². The largest absolute Gasteiger partial charge is 0.329 e. The number of H-pyrrole nitrogens is 1. The molecular weight excluding hydrogens is 326 g/mol. The van der Waals surface area contributed by atoms with E-state index in [0.717, 1.165) is 40.2 Å². The van der Waals surface area contributed by atoms with Crippen LogP contribution in [0.1, 0.15) is 51.6 Å². The number of fused-ring (bicyclic) bond motifs is 2. The summed E-state index contributed by atoms with van der Waals surface area (Å²) in [4.78, 5) is 20.8. The Morgan fingerprint density at radius 3 is 2.62 bits per heavy atom. The van der Waals surface area contributed by atoms with Gasteiger partial charge in [0.25, 0.3) is 0 Å². The standard InChI is InChI=1S/C19H23N7/c1-18(2,3)13-9-25-26-12(6-7-20-17(13)26)8-19(4,5)15-14-16(23-10-21-14)24-11-22-15/h6-7,9-11H,8H2,1-5H3,(H,21,22,23,24). The second-order valence-electron chi connectivity index (χ2n) is 8.36. The summed E-state index contributed by atoms with van der Waals surface area (Å²) in [7, 11) is 0. The van der Waals surface area contributed by atoms with Crippen LogP contribution in [0, 0.1) is 0 Å². The lowest BCUT2D eigenvalue weighted by Gasteiger charge is -2.24. The van der Waals surface area contributed by atoms with Crippen molar-refractivity contribution in [2.75, 3.05) is 0 Å². The molecule has 0 fully saturated rings. The van der Waals surface area contributed by atoms with E-state index in [1.165, 1.54) is 0 Å². The second-order valence-corrected chi connectivity index (χ2v) is 8.36.